The Kier molecular flexibility index (Phi) is 5.97. The highest BCUT2D eigenvalue weighted by molar-refractivity contribution is 7.89. The molecule has 30 heavy (non-hydrogen) atoms. The summed E-state index contributed by atoms with van der Waals surface area (Å²) in [6.07, 6.45) is 3.82. The third kappa shape index (κ3) is 4.29. The molecule has 0 saturated carbocycles. The van der Waals surface area contributed by atoms with Crippen molar-refractivity contribution in [1.82, 2.24) is 4.31 Å². The van der Waals surface area contributed by atoms with E-state index in [0.29, 0.717) is 54.6 Å². The molecule has 0 aliphatic carbocycles. The highest BCUT2D eigenvalue weighted by Gasteiger charge is 2.26. The first kappa shape index (κ1) is 20.7. The Balaban J connectivity index is 1.57. The number of nitrogens with zero attached hydrogens (tertiary/aromatic N) is 1. The van der Waals surface area contributed by atoms with Gasteiger partial charge in [0.15, 0.2) is 11.5 Å². The van der Waals surface area contributed by atoms with Crippen LogP contribution >= 0.6 is 0 Å². The summed E-state index contributed by atoms with van der Waals surface area (Å²) in [6, 6.07) is 9.93. The van der Waals surface area contributed by atoms with E-state index < -0.39 is 10.0 Å². The van der Waals surface area contributed by atoms with Crippen LogP contribution in [0.15, 0.2) is 41.3 Å². The average molecular weight is 431 g/mol. The molecule has 7 nitrogen and oxygen atoms in total. The summed E-state index contributed by atoms with van der Waals surface area (Å²) in [5, 5.41) is 2.83. The molecule has 2 aromatic carbocycles. The predicted molar refractivity (Wildman–Crippen MR) is 114 cm³/mol. The van der Waals surface area contributed by atoms with Crippen molar-refractivity contribution in [3.63, 3.8) is 0 Å². The van der Waals surface area contributed by atoms with E-state index in [1.165, 1.54) is 10.4 Å². The molecule has 1 amide bonds. The zero-order valence-corrected chi connectivity index (χ0v) is 17.8. The molecule has 0 bridgehead atoms. The molecule has 2 aromatic rings. The zero-order valence-electron chi connectivity index (χ0n) is 17.0. The molecule has 8 heteroatoms. The minimum absolute atomic E-state index is 0.155. The van der Waals surface area contributed by atoms with Gasteiger partial charge in [-0.25, -0.2) is 8.42 Å². The minimum atomic E-state index is -3.63. The summed E-state index contributed by atoms with van der Waals surface area (Å²) < 4.78 is 38.8. The van der Waals surface area contributed by atoms with Crippen LogP contribution in [-0.2, 0) is 10.0 Å². The highest BCUT2D eigenvalue weighted by atomic mass is 32.2. The predicted octanol–water partition coefficient (Wildman–Crippen LogP) is 3.58. The van der Waals surface area contributed by atoms with Crippen molar-refractivity contribution in [3.05, 3.63) is 47.5 Å². The lowest BCUT2D eigenvalue weighted by Crippen LogP contribution is -2.32. The summed E-state index contributed by atoms with van der Waals surface area (Å²) in [5.74, 6) is 0.853. The van der Waals surface area contributed by atoms with E-state index in [-0.39, 0.29) is 10.8 Å². The molecule has 160 valence electrons. The first-order chi connectivity index (χ1) is 14.4. The second-order valence-corrected chi connectivity index (χ2v) is 9.55. The second-order valence-electron chi connectivity index (χ2n) is 7.61. The summed E-state index contributed by atoms with van der Waals surface area (Å²) >= 11 is 0. The minimum Gasteiger partial charge on any atom is -0.486 e. The molecule has 1 fully saturated rings. The Labute approximate surface area is 177 Å². The lowest BCUT2D eigenvalue weighted by molar-refractivity contribution is 0.102. The Morgan fingerprint density at radius 2 is 1.63 bits per heavy atom. The van der Waals surface area contributed by atoms with Crippen molar-refractivity contribution in [1.29, 1.82) is 0 Å². The fourth-order valence-corrected chi connectivity index (χ4v) is 5.30. The van der Waals surface area contributed by atoms with Crippen molar-refractivity contribution in [2.24, 2.45) is 0 Å². The molecule has 1 saturated heterocycles. The Hall–Kier alpha value is -2.58. The second kappa shape index (κ2) is 8.65. The number of amides is 1. The van der Waals surface area contributed by atoms with Gasteiger partial charge in [-0.05, 0) is 49.6 Å². The summed E-state index contributed by atoms with van der Waals surface area (Å²) in [7, 11) is -3.63. The number of rotatable bonds is 4. The number of benzene rings is 2. The summed E-state index contributed by atoms with van der Waals surface area (Å²) in [4.78, 5) is 13.1. The number of sulfonamides is 1. The SMILES string of the molecule is Cc1ccc(S(=O)(=O)N2CCCCCC2)cc1C(=O)Nc1ccc2c(c1)OCCO2. The van der Waals surface area contributed by atoms with Gasteiger partial charge in [-0.3, -0.25) is 4.79 Å². The van der Waals surface area contributed by atoms with Crippen molar-refractivity contribution in [2.45, 2.75) is 37.5 Å². The van der Waals surface area contributed by atoms with E-state index in [4.69, 9.17) is 9.47 Å². The van der Waals surface area contributed by atoms with Crippen molar-refractivity contribution >= 4 is 21.6 Å². The Bertz CT molecular complexity index is 1040. The van der Waals surface area contributed by atoms with Gasteiger partial charge in [0.1, 0.15) is 13.2 Å². The molecule has 2 aliphatic heterocycles. The smallest absolute Gasteiger partial charge is 0.255 e. The third-order valence-corrected chi connectivity index (χ3v) is 7.35. The Morgan fingerprint density at radius 1 is 0.933 bits per heavy atom. The van der Waals surface area contributed by atoms with Crippen LogP contribution in [-0.4, -0.2) is 44.9 Å². The normalized spacial score (nSPS) is 17.2. The molecule has 0 spiro atoms. The largest absolute Gasteiger partial charge is 0.486 e. The number of fused-ring (bicyclic) bond motifs is 1. The van der Waals surface area contributed by atoms with E-state index in [1.54, 1.807) is 37.3 Å². The molecule has 0 unspecified atom stereocenters. The van der Waals surface area contributed by atoms with Crippen molar-refractivity contribution < 1.29 is 22.7 Å². The van der Waals surface area contributed by atoms with E-state index in [2.05, 4.69) is 5.32 Å². The van der Waals surface area contributed by atoms with Gasteiger partial charge < -0.3 is 14.8 Å². The molecule has 0 aromatic heterocycles. The number of hydrogen-bond acceptors (Lipinski definition) is 5. The van der Waals surface area contributed by atoms with E-state index >= 15 is 0 Å². The summed E-state index contributed by atoms with van der Waals surface area (Å²) in [5.41, 5.74) is 1.60. The molecule has 0 atom stereocenters. The van der Waals surface area contributed by atoms with E-state index in [0.717, 1.165) is 25.7 Å². The molecule has 0 radical (unpaired) electrons. The number of aryl methyl sites for hydroxylation is 1. The lowest BCUT2D eigenvalue weighted by atomic mass is 10.1. The average Bonchev–Trinajstić information content (AvgIpc) is 3.04. The standard InChI is InChI=1S/C22H26N2O5S/c1-16-6-8-18(30(26,27)24-10-4-2-3-5-11-24)15-19(16)22(25)23-17-7-9-20-21(14-17)29-13-12-28-20/h6-9,14-15H,2-5,10-13H2,1H3,(H,23,25). The number of anilines is 1. The van der Waals surface area contributed by atoms with Gasteiger partial charge in [0, 0.05) is 30.4 Å². The van der Waals surface area contributed by atoms with E-state index in [9.17, 15) is 13.2 Å². The molecule has 2 heterocycles. The van der Waals surface area contributed by atoms with Crippen molar-refractivity contribution in [3.8, 4) is 11.5 Å². The summed E-state index contributed by atoms with van der Waals surface area (Å²) in [6.45, 7) is 3.79. The van der Waals surface area contributed by atoms with Gasteiger partial charge in [0.25, 0.3) is 5.91 Å². The van der Waals surface area contributed by atoms with Crippen LogP contribution in [0, 0.1) is 6.92 Å². The van der Waals surface area contributed by atoms with Gasteiger partial charge in [-0.15, -0.1) is 0 Å². The lowest BCUT2D eigenvalue weighted by Gasteiger charge is -2.21. The van der Waals surface area contributed by atoms with Crippen LogP contribution in [0.4, 0.5) is 5.69 Å². The van der Waals surface area contributed by atoms with Crippen LogP contribution in [0.1, 0.15) is 41.6 Å². The fourth-order valence-electron chi connectivity index (χ4n) is 3.76. The number of carbonyl (C=O) groups excluding carboxylic acids is 1. The monoisotopic (exact) mass is 430 g/mol. The van der Waals surface area contributed by atoms with Gasteiger partial charge in [0.05, 0.1) is 4.90 Å². The maximum Gasteiger partial charge on any atom is 0.255 e. The first-order valence-corrected chi connectivity index (χ1v) is 11.7. The molecule has 2 aliphatic rings. The first-order valence-electron chi connectivity index (χ1n) is 10.3. The topological polar surface area (TPSA) is 84.9 Å². The van der Waals surface area contributed by atoms with Gasteiger partial charge >= 0.3 is 0 Å². The zero-order chi connectivity index (χ0) is 21.1. The number of carbonyl (C=O) groups is 1. The maximum atomic E-state index is 13.1. The number of hydrogen-bond donors (Lipinski definition) is 1. The third-order valence-electron chi connectivity index (χ3n) is 5.46. The quantitative estimate of drug-likeness (QED) is 0.801. The van der Waals surface area contributed by atoms with Crippen LogP contribution in [0.3, 0.4) is 0 Å². The van der Waals surface area contributed by atoms with Crippen LogP contribution < -0.4 is 14.8 Å². The van der Waals surface area contributed by atoms with Crippen molar-refractivity contribution in [2.75, 3.05) is 31.6 Å². The van der Waals surface area contributed by atoms with Crippen LogP contribution in [0.25, 0.3) is 0 Å². The maximum absolute atomic E-state index is 13.1. The molecular formula is C22H26N2O5S. The van der Waals surface area contributed by atoms with Gasteiger partial charge in [-0.1, -0.05) is 18.9 Å². The number of nitrogens with one attached hydrogen (secondary N) is 1. The molecular weight excluding hydrogens is 404 g/mol. The van der Waals surface area contributed by atoms with Crippen LogP contribution in [0.5, 0.6) is 11.5 Å². The van der Waals surface area contributed by atoms with Crippen LogP contribution in [0.2, 0.25) is 0 Å². The van der Waals surface area contributed by atoms with E-state index in [1.807, 2.05) is 0 Å². The highest BCUT2D eigenvalue weighted by Crippen LogP contribution is 2.33. The fraction of sp³-hybridized carbons (Fsp3) is 0.409. The molecule has 4 rings (SSSR count). The van der Waals surface area contributed by atoms with Gasteiger partial charge in [-0.2, -0.15) is 4.31 Å². The van der Waals surface area contributed by atoms with Gasteiger partial charge in [0.2, 0.25) is 10.0 Å². The molecule has 1 N–H and O–H groups in total. The number of ether oxygens (including phenoxy) is 2. The Morgan fingerprint density at radius 3 is 2.37 bits per heavy atom.